The molecule has 2 rings (SSSR count). The van der Waals surface area contributed by atoms with E-state index in [-0.39, 0.29) is 16.9 Å². The molecule has 0 radical (unpaired) electrons. The van der Waals surface area contributed by atoms with Gasteiger partial charge in [0.2, 0.25) is 10.0 Å². The van der Waals surface area contributed by atoms with Gasteiger partial charge in [0.05, 0.1) is 11.5 Å². The Bertz CT molecular complexity index is 567. The minimum atomic E-state index is -3.53. The van der Waals surface area contributed by atoms with Crippen LogP contribution in [0.3, 0.4) is 0 Å². The molecule has 0 amide bonds. The molecule has 0 unspecified atom stereocenters. The van der Waals surface area contributed by atoms with Crippen molar-refractivity contribution in [3.05, 3.63) is 28.2 Å². The minimum Gasteiger partial charge on any atom is -0.392 e. The Labute approximate surface area is 122 Å². The summed E-state index contributed by atoms with van der Waals surface area (Å²) in [6.07, 6.45) is 3.17. The van der Waals surface area contributed by atoms with Crippen LogP contribution in [0.1, 0.15) is 31.7 Å². The topological polar surface area (TPSA) is 66.4 Å². The van der Waals surface area contributed by atoms with Crippen LogP contribution in [0.15, 0.2) is 27.6 Å². The lowest BCUT2D eigenvalue weighted by Gasteiger charge is -2.15. The van der Waals surface area contributed by atoms with Gasteiger partial charge in [-0.25, -0.2) is 13.1 Å². The second-order valence-electron chi connectivity index (χ2n) is 5.10. The van der Waals surface area contributed by atoms with E-state index >= 15 is 0 Å². The monoisotopic (exact) mass is 347 g/mol. The van der Waals surface area contributed by atoms with Crippen LogP contribution in [0.5, 0.6) is 0 Å². The molecule has 1 aromatic carbocycles. The van der Waals surface area contributed by atoms with Crippen molar-refractivity contribution < 1.29 is 13.5 Å². The molecular formula is C13H18BrNO3S. The molecule has 1 aliphatic rings. The highest BCUT2D eigenvalue weighted by Gasteiger charge is 2.41. The van der Waals surface area contributed by atoms with E-state index in [0.717, 1.165) is 19.3 Å². The molecule has 0 aromatic heterocycles. The van der Waals surface area contributed by atoms with Crippen LogP contribution >= 0.6 is 15.9 Å². The Balaban J connectivity index is 2.19. The third-order valence-corrected chi connectivity index (χ3v) is 6.21. The number of benzene rings is 1. The van der Waals surface area contributed by atoms with E-state index < -0.39 is 10.0 Å². The van der Waals surface area contributed by atoms with Crippen LogP contribution in [-0.4, -0.2) is 20.1 Å². The summed E-state index contributed by atoms with van der Waals surface area (Å²) < 4.78 is 27.8. The molecule has 1 aliphatic carbocycles. The molecule has 4 nitrogen and oxygen atoms in total. The number of nitrogens with one attached hydrogen (secondary N) is 1. The first-order valence-electron chi connectivity index (χ1n) is 6.31. The smallest absolute Gasteiger partial charge is 0.241 e. The van der Waals surface area contributed by atoms with Gasteiger partial charge in [-0.15, -0.1) is 0 Å². The third-order valence-electron chi connectivity index (χ3n) is 3.81. The summed E-state index contributed by atoms with van der Waals surface area (Å²) in [6, 6.07) is 4.84. The highest BCUT2D eigenvalue weighted by molar-refractivity contribution is 9.10. The summed E-state index contributed by atoms with van der Waals surface area (Å²) in [5.74, 6) is 0. The van der Waals surface area contributed by atoms with Gasteiger partial charge >= 0.3 is 0 Å². The molecule has 1 fully saturated rings. The van der Waals surface area contributed by atoms with E-state index in [0.29, 0.717) is 16.6 Å². The SMILES string of the molecule is CCC1(CNS(=O)(=O)c2cc(CO)ccc2Br)CC1. The molecule has 6 heteroatoms. The van der Waals surface area contributed by atoms with Crippen molar-refractivity contribution in [3.63, 3.8) is 0 Å². The van der Waals surface area contributed by atoms with E-state index in [1.54, 1.807) is 12.1 Å². The highest BCUT2D eigenvalue weighted by Crippen LogP contribution is 2.48. The highest BCUT2D eigenvalue weighted by atomic mass is 79.9. The Morgan fingerprint density at radius 2 is 2.11 bits per heavy atom. The van der Waals surface area contributed by atoms with Gasteiger partial charge < -0.3 is 5.11 Å². The van der Waals surface area contributed by atoms with E-state index in [1.807, 2.05) is 0 Å². The molecule has 0 spiro atoms. The van der Waals surface area contributed by atoms with Crippen molar-refractivity contribution in [2.45, 2.75) is 37.7 Å². The molecule has 0 aliphatic heterocycles. The van der Waals surface area contributed by atoms with Crippen LogP contribution in [0.4, 0.5) is 0 Å². The van der Waals surface area contributed by atoms with E-state index in [4.69, 9.17) is 5.11 Å². The van der Waals surface area contributed by atoms with Gasteiger partial charge in [-0.05, 0) is 58.3 Å². The summed E-state index contributed by atoms with van der Waals surface area (Å²) >= 11 is 3.25. The predicted octanol–water partition coefficient (Wildman–Crippen LogP) is 2.41. The number of rotatable bonds is 6. The molecule has 1 saturated carbocycles. The first kappa shape index (κ1) is 15.0. The summed E-state index contributed by atoms with van der Waals surface area (Å²) in [7, 11) is -3.53. The standard InChI is InChI=1S/C13H18BrNO3S/c1-2-13(5-6-13)9-15-19(17,18)12-7-10(8-16)3-4-11(12)14/h3-4,7,15-16H,2,5-6,8-9H2,1H3. The fourth-order valence-electron chi connectivity index (χ4n) is 2.01. The Morgan fingerprint density at radius 1 is 1.42 bits per heavy atom. The Hall–Kier alpha value is -0.430. The van der Waals surface area contributed by atoms with Crippen LogP contribution in [-0.2, 0) is 16.6 Å². The molecule has 19 heavy (non-hydrogen) atoms. The first-order chi connectivity index (χ1) is 8.92. The number of halogens is 1. The lowest BCUT2D eigenvalue weighted by atomic mass is 10.1. The van der Waals surface area contributed by atoms with Gasteiger partial charge in [0.15, 0.2) is 0 Å². The molecule has 2 N–H and O–H groups in total. The lowest BCUT2D eigenvalue weighted by molar-refractivity contribution is 0.281. The molecule has 0 heterocycles. The zero-order chi connectivity index (χ0) is 14.1. The zero-order valence-corrected chi connectivity index (χ0v) is 13.2. The summed E-state index contributed by atoms with van der Waals surface area (Å²) in [4.78, 5) is 0.186. The molecule has 106 valence electrons. The second kappa shape index (κ2) is 5.52. The lowest BCUT2D eigenvalue weighted by Crippen LogP contribution is -2.30. The maximum absolute atomic E-state index is 12.3. The third kappa shape index (κ3) is 3.37. The van der Waals surface area contributed by atoms with Crippen LogP contribution in [0, 0.1) is 5.41 Å². The summed E-state index contributed by atoms with van der Waals surface area (Å²) in [6.45, 7) is 2.40. The van der Waals surface area contributed by atoms with Gasteiger partial charge in [-0.2, -0.15) is 0 Å². The molecule has 0 atom stereocenters. The van der Waals surface area contributed by atoms with Crippen molar-refractivity contribution in [2.24, 2.45) is 5.41 Å². The Kier molecular flexibility index (Phi) is 4.35. The van der Waals surface area contributed by atoms with Crippen molar-refractivity contribution in [1.82, 2.24) is 4.72 Å². The largest absolute Gasteiger partial charge is 0.392 e. The van der Waals surface area contributed by atoms with Gasteiger partial charge in [-0.3, -0.25) is 0 Å². The number of aliphatic hydroxyl groups is 1. The maximum atomic E-state index is 12.3. The zero-order valence-electron chi connectivity index (χ0n) is 10.8. The average molecular weight is 348 g/mol. The minimum absolute atomic E-state index is 0.161. The normalized spacial score (nSPS) is 17.4. The number of hydrogen-bond acceptors (Lipinski definition) is 3. The fourth-order valence-corrected chi connectivity index (χ4v) is 4.18. The van der Waals surface area contributed by atoms with Crippen LogP contribution in [0.25, 0.3) is 0 Å². The Morgan fingerprint density at radius 3 is 2.63 bits per heavy atom. The van der Waals surface area contributed by atoms with Crippen molar-refractivity contribution in [2.75, 3.05) is 6.54 Å². The molecule has 0 bridgehead atoms. The van der Waals surface area contributed by atoms with E-state index in [9.17, 15) is 8.42 Å². The van der Waals surface area contributed by atoms with Crippen molar-refractivity contribution in [3.8, 4) is 0 Å². The van der Waals surface area contributed by atoms with Gasteiger partial charge in [0, 0.05) is 11.0 Å². The van der Waals surface area contributed by atoms with E-state index in [1.165, 1.54) is 6.07 Å². The second-order valence-corrected chi connectivity index (χ2v) is 7.69. The van der Waals surface area contributed by atoms with Crippen molar-refractivity contribution >= 4 is 26.0 Å². The van der Waals surface area contributed by atoms with Crippen LogP contribution < -0.4 is 4.72 Å². The number of sulfonamides is 1. The van der Waals surface area contributed by atoms with Crippen molar-refractivity contribution in [1.29, 1.82) is 0 Å². The molecule has 1 aromatic rings. The van der Waals surface area contributed by atoms with Crippen LogP contribution in [0.2, 0.25) is 0 Å². The molecule has 0 saturated heterocycles. The van der Waals surface area contributed by atoms with Gasteiger partial charge in [0.1, 0.15) is 0 Å². The summed E-state index contributed by atoms with van der Waals surface area (Å²) in [5, 5.41) is 9.10. The maximum Gasteiger partial charge on any atom is 0.241 e. The number of hydrogen-bond donors (Lipinski definition) is 2. The van der Waals surface area contributed by atoms with Gasteiger partial charge in [0.25, 0.3) is 0 Å². The number of aliphatic hydroxyl groups excluding tert-OH is 1. The summed E-state index contributed by atoms with van der Waals surface area (Å²) in [5.41, 5.74) is 0.744. The quantitative estimate of drug-likeness (QED) is 0.830. The van der Waals surface area contributed by atoms with Gasteiger partial charge in [-0.1, -0.05) is 13.0 Å². The fraction of sp³-hybridized carbons (Fsp3) is 0.538. The van der Waals surface area contributed by atoms with E-state index in [2.05, 4.69) is 27.6 Å². The average Bonchev–Trinajstić information content (AvgIpc) is 3.18. The first-order valence-corrected chi connectivity index (χ1v) is 8.59. The molecular weight excluding hydrogens is 330 g/mol. The predicted molar refractivity (Wildman–Crippen MR) is 77.2 cm³/mol.